The molecule has 0 bridgehead atoms. The molecule has 1 unspecified atom stereocenters. The lowest BCUT2D eigenvalue weighted by Gasteiger charge is -1.81. The van der Waals surface area contributed by atoms with Gasteiger partial charge >= 0.3 is 0 Å². The van der Waals surface area contributed by atoms with Gasteiger partial charge in [-0.15, -0.1) is 5.06 Å². The van der Waals surface area contributed by atoms with Crippen molar-refractivity contribution in [3.05, 3.63) is 6.23 Å². The molecule has 2 saturated heterocycles. The number of rotatable bonds is 0. The van der Waals surface area contributed by atoms with Crippen LogP contribution in [0.25, 0.3) is 0 Å². The van der Waals surface area contributed by atoms with E-state index in [1.54, 1.807) is 0 Å². The van der Waals surface area contributed by atoms with E-state index in [4.69, 9.17) is 4.84 Å². The Hall–Kier alpha value is -0.0800. The number of hydrogen-bond donors (Lipinski definition) is 0. The zero-order valence-electron chi connectivity index (χ0n) is 3.48. The second kappa shape index (κ2) is 0.768. The molecule has 0 amide bonds. The van der Waals surface area contributed by atoms with Gasteiger partial charge in [0.05, 0.1) is 0 Å². The topological polar surface area (TPSA) is 15.5 Å². The summed E-state index contributed by atoms with van der Waals surface area (Å²) in [7, 11) is 0. The third kappa shape index (κ3) is 0.235. The molecule has 0 aromatic rings. The fraction of sp³-hybridized carbons (Fsp3) is 0.750. The summed E-state index contributed by atoms with van der Waals surface area (Å²) in [4.78, 5) is 4.90. The van der Waals surface area contributed by atoms with Crippen LogP contribution in [0.5, 0.6) is 0 Å². The van der Waals surface area contributed by atoms with Gasteiger partial charge in [0.25, 0.3) is 0 Å². The van der Waals surface area contributed by atoms with E-state index >= 15 is 0 Å². The van der Waals surface area contributed by atoms with E-state index in [0.29, 0.717) is 0 Å². The Kier molecular flexibility index (Phi) is 0.383. The summed E-state index contributed by atoms with van der Waals surface area (Å²) in [6, 6.07) is 0. The molecule has 0 saturated carbocycles. The number of nitrogens with zero attached hydrogens (tertiary/aromatic N) is 1. The predicted octanol–water partition coefficient (Wildman–Crippen LogP) is 0.517. The van der Waals surface area contributed by atoms with Crippen LogP contribution in [-0.2, 0) is 4.84 Å². The van der Waals surface area contributed by atoms with Crippen molar-refractivity contribution in [1.29, 1.82) is 0 Å². The van der Waals surface area contributed by atoms with Crippen LogP contribution in [0.2, 0.25) is 0 Å². The summed E-state index contributed by atoms with van der Waals surface area (Å²) in [5, 5.41) is 1.94. The maximum Gasteiger partial charge on any atom is 0.211 e. The summed E-state index contributed by atoms with van der Waals surface area (Å²) < 4.78 is 0. The molecule has 6 heavy (non-hydrogen) atoms. The molecule has 2 rings (SSSR count). The van der Waals surface area contributed by atoms with Crippen molar-refractivity contribution in [2.75, 3.05) is 6.54 Å². The Morgan fingerprint density at radius 3 is 2.83 bits per heavy atom. The monoisotopic (exact) mass is 84.0 g/mol. The Labute approximate surface area is 36.6 Å². The highest BCUT2D eigenvalue weighted by Gasteiger charge is 2.42. The highest BCUT2D eigenvalue weighted by atomic mass is 16.8. The van der Waals surface area contributed by atoms with Crippen LogP contribution in [0.15, 0.2) is 0 Å². The van der Waals surface area contributed by atoms with Gasteiger partial charge in [-0.25, -0.2) is 0 Å². The van der Waals surface area contributed by atoms with Gasteiger partial charge in [0.2, 0.25) is 6.23 Å². The maximum absolute atomic E-state index is 4.90. The molecule has 2 aliphatic rings. The minimum Gasteiger partial charge on any atom is -0.267 e. The van der Waals surface area contributed by atoms with Gasteiger partial charge in [-0.05, 0) is 12.8 Å². The number of fused-ring (bicyclic) bond motifs is 1. The second-order valence-corrected chi connectivity index (χ2v) is 1.69. The van der Waals surface area contributed by atoms with Crippen LogP contribution < -0.4 is 0 Å². The third-order valence-electron chi connectivity index (χ3n) is 1.21. The SMILES string of the molecule is C1C[C]2ON2C1. The fourth-order valence-electron chi connectivity index (χ4n) is 0.821. The summed E-state index contributed by atoms with van der Waals surface area (Å²) in [5.74, 6) is 0. The van der Waals surface area contributed by atoms with Crippen LogP contribution in [0, 0.1) is 6.23 Å². The van der Waals surface area contributed by atoms with Crippen molar-refractivity contribution < 1.29 is 4.84 Å². The van der Waals surface area contributed by atoms with E-state index in [9.17, 15) is 0 Å². The summed E-state index contributed by atoms with van der Waals surface area (Å²) in [6.45, 7) is 1.13. The van der Waals surface area contributed by atoms with Crippen molar-refractivity contribution in [3.8, 4) is 0 Å². The van der Waals surface area contributed by atoms with Crippen molar-refractivity contribution >= 4 is 0 Å². The van der Waals surface area contributed by atoms with E-state index in [0.717, 1.165) is 6.54 Å². The van der Waals surface area contributed by atoms with Crippen molar-refractivity contribution in [3.63, 3.8) is 0 Å². The third-order valence-corrected chi connectivity index (χ3v) is 1.21. The lowest BCUT2D eigenvalue weighted by Crippen LogP contribution is -1.88. The molecule has 33 valence electrons. The summed E-state index contributed by atoms with van der Waals surface area (Å²) >= 11 is 0. The van der Waals surface area contributed by atoms with Crippen molar-refractivity contribution in [1.82, 2.24) is 5.06 Å². The predicted molar refractivity (Wildman–Crippen MR) is 20.3 cm³/mol. The first-order valence-corrected chi connectivity index (χ1v) is 2.28. The average Bonchev–Trinajstić information content (AvgIpc) is 2.17. The number of hydrogen-bond acceptors (Lipinski definition) is 2. The van der Waals surface area contributed by atoms with Gasteiger partial charge in [-0.2, -0.15) is 0 Å². The van der Waals surface area contributed by atoms with Crippen LogP contribution >= 0.6 is 0 Å². The summed E-state index contributed by atoms with van der Waals surface area (Å²) in [6.07, 6.45) is 3.69. The Bertz CT molecular complexity index is 65.9. The molecule has 0 aliphatic carbocycles. The van der Waals surface area contributed by atoms with E-state index in [1.165, 1.54) is 19.1 Å². The largest absolute Gasteiger partial charge is 0.267 e. The molecule has 2 fully saturated rings. The molecule has 0 aromatic carbocycles. The van der Waals surface area contributed by atoms with Gasteiger partial charge in [0.1, 0.15) is 0 Å². The Balaban J connectivity index is 2.09. The zero-order valence-corrected chi connectivity index (χ0v) is 3.48. The lowest BCUT2D eigenvalue weighted by molar-refractivity contribution is 0.191. The van der Waals surface area contributed by atoms with Gasteiger partial charge in [-0.3, -0.25) is 4.84 Å². The van der Waals surface area contributed by atoms with E-state index in [1.807, 2.05) is 5.06 Å². The molecular weight excluding hydrogens is 78.0 g/mol. The molecule has 0 spiro atoms. The Morgan fingerprint density at radius 1 is 1.67 bits per heavy atom. The molecule has 0 aromatic heterocycles. The van der Waals surface area contributed by atoms with E-state index < -0.39 is 0 Å². The van der Waals surface area contributed by atoms with E-state index in [-0.39, 0.29) is 0 Å². The standard InChI is InChI=1S/C4H6NO/c1-2-4-5(3-1)6-4/h1-3H2. The normalized spacial score (nSPS) is 43.0. The minimum atomic E-state index is 1.13. The lowest BCUT2D eigenvalue weighted by atomic mass is 10.4. The first kappa shape index (κ1) is 2.99. The molecule has 0 N–H and O–H groups in total. The van der Waals surface area contributed by atoms with Gasteiger partial charge < -0.3 is 0 Å². The molecule has 2 nitrogen and oxygen atoms in total. The molecule has 1 radical (unpaired) electrons. The van der Waals surface area contributed by atoms with Crippen LogP contribution in [0.3, 0.4) is 0 Å². The second-order valence-electron chi connectivity index (χ2n) is 1.69. The van der Waals surface area contributed by atoms with Gasteiger partial charge in [0.15, 0.2) is 0 Å². The van der Waals surface area contributed by atoms with Crippen molar-refractivity contribution in [2.45, 2.75) is 12.8 Å². The molecule has 2 aliphatic heterocycles. The molecule has 2 heterocycles. The van der Waals surface area contributed by atoms with Crippen LogP contribution in [-0.4, -0.2) is 11.6 Å². The van der Waals surface area contributed by atoms with Crippen molar-refractivity contribution in [2.24, 2.45) is 0 Å². The smallest absolute Gasteiger partial charge is 0.211 e. The first-order chi connectivity index (χ1) is 2.97. The first-order valence-electron chi connectivity index (χ1n) is 2.28. The minimum absolute atomic E-state index is 1.13. The number of hydroxylamine groups is 2. The fourth-order valence-corrected chi connectivity index (χ4v) is 0.821. The van der Waals surface area contributed by atoms with Gasteiger partial charge in [-0.1, -0.05) is 0 Å². The van der Waals surface area contributed by atoms with E-state index in [2.05, 4.69) is 0 Å². The summed E-state index contributed by atoms with van der Waals surface area (Å²) in [5.41, 5.74) is 0. The van der Waals surface area contributed by atoms with Crippen LogP contribution in [0.4, 0.5) is 0 Å². The average molecular weight is 84.1 g/mol. The Morgan fingerprint density at radius 2 is 2.67 bits per heavy atom. The van der Waals surface area contributed by atoms with Crippen LogP contribution in [0.1, 0.15) is 12.8 Å². The highest BCUT2D eigenvalue weighted by Crippen LogP contribution is 2.38. The zero-order chi connectivity index (χ0) is 3.98. The maximum atomic E-state index is 4.90. The molecule has 1 atom stereocenters. The highest BCUT2D eigenvalue weighted by molar-refractivity contribution is 4.91. The van der Waals surface area contributed by atoms with Gasteiger partial charge in [0, 0.05) is 6.54 Å². The molecule has 2 heteroatoms. The molecular formula is C4H6NO. The quantitative estimate of drug-likeness (QED) is 0.397.